The van der Waals surface area contributed by atoms with Crippen LogP contribution in [0.3, 0.4) is 0 Å². The summed E-state index contributed by atoms with van der Waals surface area (Å²) in [5.74, 6) is -0.648. The number of imide groups is 1. The molecule has 0 N–H and O–H groups in total. The smallest absolute Gasteiger partial charge is 0.266 e. The van der Waals surface area contributed by atoms with Gasteiger partial charge in [0.25, 0.3) is 11.8 Å². The second-order valence-electron chi connectivity index (χ2n) is 2.58. The Morgan fingerprint density at radius 3 is 2.75 bits per heavy atom. The molecule has 1 rings (SSSR count). The van der Waals surface area contributed by atoms with Gasteiger partial charge in [-0.05, 0) is 6.42 Å². The first-order chi connectivity index (χ1) is 5.66. The van der Waals surface area contributed by atoms with Crippen LogP contribution in [0.4, 0.5) is 0 Å². The molecule has 5 heteroatoms. The van der Waals surface area contributed by atoms with Gasteiger partial charge in [-0.2, -0.15) is 17.7 Å². The molecule has 0 aromatic rings. The number of carbonyl (C=O) groups excluding carboxylic acids is 2. The molecule has 0 aromatic carbocycles. The molecular weight excluding hydrogens is 178 g/mol. The molecule has 0 saturated carbocycles. The third-order valence-corrected chi connectivity index (χ3v) is 1.91. The van der Waals surface area contributed by atoms with Crippen LogP contribution in [0.25, 0.3) is 0 Å². The van der Waals surface area contributed by atoms with E-state index in [9.17, 15) is 9.59 Å². The van der Waals surface area contributed by atoms with Crippen molar-refractivity contribution in [3.63, 3.8) is 0 Å². The van der Waals surface area contributed by atoms with Gasteiger partial charge < -0.3 is 0 Å². The minimum Gasteiger partial charge on any atom is -0.272 e. The normalized spacial score (nSPS) is 23.8. The summed E-state index contributed by atoms with van der Waals surface area (Å²) in [7, 11) is 0. The lowest BCUT2D eigenvalue weighted by Crippen LogP contribution is -2.31. The average Bonchev–Trinajstić information content (AvgIpc) is 2.25. The van der Waals surface area contributed by atoms with Crippen molar-refractivity contribution in [2.45, 2.75) is 25.0 Å². The molecule has 0 radical (unpaired) electrons. The van der Waals surface area contributed by atoms with Gasteiger partial charge >= 0.3 is 0 Å². The Morgan fingerprint density at radius 1 is 1.67 bits per heavy atom. The summed E-state index contributed by atoms with van der Waals surface area (Å²) >= 11 is 3.94. The van der Waals surface area contributed by atoms with E-state index in [1.807, 2.05) is 6.92 Å². The molecule has 1 aliphatic heterocycles. The van der Waals surface area contributed by atoms with Gasteiger partial charge in [0.2, 0.25) is 0 Å². The van der Waals surface area contributed by atoms with Crippen LogP contribution in [0.5, 0.6) is 0 Å². The van der Waals surface area contributed by atoms with Gasteiger partial charge in [0.05, 0.1) is 18.3 Å². The van der Waals surface area contributed by atoms with Crippen molar-refractivity contribution < 1.29 is 14.4 Å². The van der Waals surface area contributed by atoms with E-state index < -0.39 is 5.25 Å². The maximum absolute atomic E-state index is 11.1. The third-order valence-electron chi connectivity index (χ3n) is 1.50. The third kappa shape index (κ3) is 1.78. The molecule has 1 atom stereocenters. The zero-order valence-corrected chi connectivity index (χ0v) is 7.71. The second-order valence-corrected chi connectivity index (χ2v) is 3.20. The van der Waals surface area contributed by atoms with Crippen molar-refractivity contribution in [3.05, 3.63) is 0 Å². The van der Waals surface area contributed by atoms with Crippen molar-refractivity contribution >= 4 is 24.4 Å². The van der Waals surface area contributed by atoms with E-state index in [1.54, 1.807) is 0 Å². The van der Waals surface area contributed by atoms with Crippen LogP contribution in [0.15, 0.2) is 0 Å². The van der Waals surface area contributed by atoms with Gasteiger partial charge in [-0.15, -0.1) is 0 Å². The summed E-state index contributed by atoms with van der Waals surface area (Å²) in [6.45, 7) is 2.29. The van der Waals surface area contributed by atoms with E-state index in [0.29, 0.717) is 6.61 Å². The van der Waals surface area contributed by atoms with E-state index >= 15 is 0 Å². The number of thiol groups is 1. The van der Waals surface area contributed by atoms with Crippen molar-refractivity contribution in [1.29, 1.82) is 0 Å². The number of hydrogen-bond donors (Lipinski definition) is 1. The Labute approximate surface area is 76.2 Å². The monoisotopic (exact) mass is 189 g/mol. The van der Waals surface area contributed by atoms with Crippen molar-refractivity contribution in [1.82, 2.24) is 5.06 Å². The molecule has 4 nitrogen and oxygen atoms in total. The number of amides is 2. The quantitative estimate of drug-likeness (QED) is 0.516. The molecule has 0 spiro atoms. The lowest BCUT2D eigenvalue weighted by Gasteiger charge is -2.12. The molecule has 1 heterocycles. The highest BCUT2D eigenvalue weighted by molar-refractivity contribution is 7.81. The molecule has 1 fully saturated rings. The maximum Gasteiger partial charge on any atom is 0.266 e. The standard InChI is InChI=1S/C7H11NO3S/c1-2-3-11-8-6(9)4-5(12)7(8)10/h5,12H,2-4H2,1H3. The van der Waals surface area contributed by atoms with Gasteiger partial charge in [-0.1, -0.05) is 6.92 Å². The first-order valence-electron chi connectivity index (χ1n) is 3.84. The predicted molar refractivity (Wildman–Crippen MR) is 45.5 cm³/mol. The fourth-order valence-corrected chi connectivity index (χ4v) is 1.17. The topological polar surface area (TPSA) is 46.6 Å². The van der Waals surface area contributed by atoms with Gasteiger partial charge in [0.1, 0.15) is 0 Å². The van der Waals surface area contributed by atoms with Crippen LogP contribution in [0, 0.1) is 0 Å². The molecule has 1 unspecified atom stereocenters. The Kier molecular flexibility index (Phi) is 3.11. The van der Waals surface area contributed by atoms with Crippen molar-refractivity contribution in [2.75, 3.05) is 6.61 Å². The highest BCUT2D eigenvalue weighted by atomic mass is 32.1. The summed E-state index contributed by atoms with van der Waals surface area (Å²) in [4.78, 5) is 27.1. The number of carbonyl (C=O) groups is 2. The highest BCUT2D eigenvalue weighted by Crippen LogP contribution is 2.17. The Hall–Kier alpha value is -0.550. The second kappa shape index (κ2) is 3.91. The van der Waals surface area contributed by atoms with Gasteiger partial charge in [-0.3, -0.25) is 14.4 Å². The van der Waals surface area contributed by atoms with E-state index in [-0.39, 0.29) is 18.2 Å². The first kappa shape index (κ1) is 9.54. The van der Waals surface area contributed by atoms with Crippen LogP contribution >= 0.6 is 12.6 Å². The molecule has 0 aliphatic carbocycles. The van der Waals surface area contributed by atoms with Gasteiger partial charge in [0, 0.05) is 0 Å². The van der Waals surface area contributed by atoms with E-state index in [4.69, 9.17) is 4.84 Å². The Morgan fingerprint density at radius 2 is 2.33 bits per heavy atom. The van der Waals surface area contributed by atoms with Crippen molar-refractivity contribution in [2.24, 2.45) is 0 Å². The lowest BCUT2D eigenvalue weighted by atomic mass is 10.4. The minimum absolute atomic E-state index is 0.145. The average molecular weight is 189 g/mol. The van der Waals surface area contributed by atoms with Gasteiger partial charge in [0.15, 0.2) is 0 Å². The van der Waals surface area contributed by atoms with E-state index in [2.05, 4.69) is 12.6 Å². The Balaban J connectivity index is 2.52. The molecule has 1 aliphatic rings. The molecule has 0 bridgehead atoms. The number of rotatable bonds is 3. The Bertz CT molecular complexity index is 207. The van der Waals surface area contributed by atoms with Crippen LogP contribution in [-0.2, 0) is 14.4 Å². The molecular formula is C7H11NO3S. The van der Waals surface area contributed by atoms with Crippen LogP contribution in [0.1, 0.15) is 19.8 Å². The lowest BCUT2D eigenvalue weighted by molar-refractivity contribution is -0.187. The molecule has 68 valence electrons. The minimum atomic E-state index is -0.519. The van der Waals surface area contributed by atoms with E-state index in [0.717, 1.165) is 11.5 Å². The number of hydroxylamine groups is 2. The fourth-order valence-electron chi connectivity index (χ4n) is 0.912. The largest absolute Gasteiger partial charge is 0.272 e. The highest BCUT2D eigenvalue weighted by Gasteiger charge is 2.37. The molecule has 0 aromatic heterocycles. The fraction of sp³-hybridized carbons (Fsp3) is 0.714. The molecule has 1 saturated heterocycles. The predicted octanol–water partition coefficient (Wildman–Crippen LogP) is 0.385. The van der Waals surface area contributed by atoms with Crippen molar-refractivity contribution in [3.8, 4) is 0 Å². The summed E-state index contributed by atoms with van der Waals surface area (Å²) in [5, 5.41) is 0.301. The number of hydrogen-bond acceptors (Lipinski definition) is 4. The summed E-state index contributed by atoms with van der Waals surface area (Å²) < 4.78 is 0. The molecule has 2 amide bonds. The first-order valence-corrected chi connectivity index (χ1v) is 4.36. The SMILES string of the molecule is CCCON1C(=O)CC(S)C1=O. The van der Waals surface area contributed by atoms with Crippen LogP contribution < -0.4 is 0 Å². The zero-order chi connectivity index (χ0) is 9.14. The number of nitrogens with zero attached hydrogens (tertiary/aromatic N) is 1. The van der Waals surface area contributed by atoms with Crippen LogP contribution in [0.2, 0.25) is 0 Å². The van der Waals surface area contributed by atoms with E-state index in [1.165, 1.54) is 0 Å². The summed E-state index contributed by atoms with van der Waals surface area (Å²) in [6.07, 6.45) is 0.917. The zero-order valence-electron chi connectivity index (χ0n) is 6.82. The van der Waals surface area contributed by atoms with Gasteiger partial charge in [-0.25, -0.2) is 0 Å². The maximum atomic E-state index is 11.1. The van der Waals surface area contributed by atoms with Crippen LogP contribution in [-0.4, -0.2) is 28.7 Å². The molecule has 12 heavy (non-hydrogen) atoms. The summed E-state index contributed by atoms with van der Waals surface area (Å²) in [5.41, 5.74) is 0. The summed E-state index contributed by atoms with van der Waals surface area (Å²) in [6, 6.07) is 0.